The molecule has 0 aromatic heterocycles. The SMILES string of the molecule is CCC(C)CS(=O)(=O)c1ccc(N=Nc2ccccc2)cc1. The smallest absolute Gasteiger partial charge is 0.178 e. The van der Waals surface area contributed by atoms with Crippen LogP contribution in [0.15, 0.2) is 69.7 Å². The summed E-state index contributed by atoms with van der Waals surface area (Å²) in [7, 11) is -3.23. The molecular formula is C17H20N2O2S. The predicted molar refractivity (Wildman–Crippen MR) is 88.6 cm³/mol. The molecular weight excluding hydrogens is 296 g/mol. The summed E-state index contributed by atoms with van der Waals surface area (Å²) in [6, 6.07) is 15.9. The summed E-state index contributed by atoms with van der Waals surface area (Å²) < 4.78 is 24.5. The number of azo groups is 1. The first-order chi connectivity index (χ1) is 10.5. The Kier molecular flexibility index (Phi) is 5.44. The molecule has 1 unspecified atom stereocenters. The van der Waals surface area contributed by atoms with Crippen molar-refractivity contribution in [2.45, 2.75) is 25.2 Å². The van der Waals surface area contributed by atoms with E-state index in [1.807, 2.05) is 44.2 Å². The molecule has 2 aromatic rings. The van der Waals surface area contributed by atoms with E-state index in [0.29, 0.717) is 10.6 Å². The van der Waals surface area contributed by atoms with E-state index >= 15 is 0 Å². The quantitative estimate of drug-likeness (QED) is 0.710. The Labute approximate surface area is 131 Å². The van der Waals surface area contributed by atoms with Gasteiger partial charge in [0.25, 0.3) is 0 Å². The molecule has 2 aromatic carbocycles. The number of rotatable bonds is 6. The topological polar surface area (TPSA) is 58.9 Å². The predicted octanol–water partition coefficient (Wildman–Crippen LogP) is 4.92. The van der Waals surface area contributed by atoms with Crippen molar-refractivity contribution in [3.63, 3.8) is 0 Å². The average molecular weight is 316 g/mol. The molecule has 0 bridgehead atoms. The minimum Gasteiger partial charge on any atom is -0.224 e. The van der Waals surface area contributed by atoms with Crippen molar-refractivity contribution in [1.29, 1.82) is 0 Å². The Hall–Kier alpha value is -2.01. The Morgan fingerprint density at radius 2 is 1.45 bits per heavy atom. The summed E-state index contributed by atoms with van der Waals surface area (Å²) in [6.45, 7) is 3.94. The fourth-order valence-electron chi connectivity index (χ4n) is 1.92. The number of benzene rings is 2. The molecule has 0 spiro atoms. The lowest BCUT2D eigenvalue weighted by Gasteiger charge is -2.09. The van der Waals surface area contributed by atoms with Crippen LogP contribution < -0.4 is 0 Å². The lowest BCUT2D eigenvalue weighted by molar-refractivity contribution is 0.564. The zero-order chi connectivity index (χ0) is 16.0. The maximum atomic E-state index is 12.2. The van der Waals surface area contributed by atoms with E-state index in [0.717, 1.165) is 12.1 Å². The van der Waals surface area contributed by atoms with Gasteiger partial charge in [-0.25, -0.2) is 8.42 Å². The van der Waals surface area contributed by atoms with E-state index in [1.165, 1.54) is 0 Å². The van der Waals surface area contributed by atoms with E-state index in [-0.39, 0.29) is 11.7 Å². The van der Waals surface area contributed by atoms with E-state index in [4.69, 9.17) is 0 Å². The highest BCUT2D eigenvalue weighted by atomic mass is 32.2. The minimum atomic E-state index is -3.23. The van der Waals surface area contributed by atoms with Crippen LogP contribution in [0, 0.1) is 5.92 Å². The average Bonchev–Trinajstić information content (AvgIpc) is 2.54. The second kappa shape index (κ2) is 7.31. The molecule has 22 heavy (non-hydrogen) atoms. The largest absolute Gasteiger partial charge is 0.224 e. The van der Waals surface area contributed by atoms with Crippen LogP contribution in [-0.4, -0.2) is 14.2 Å². The van der Waals surface area contributed by atoms with Crippen LogP contribution in [0.25, 0.3) is 0 Å². The third-order valence-corrected chi connectivity index (χ3v) is 5.43. The molecule has 116 valence electrons. The zero-order valence-corrected chi connectivity index (χ0v) is 13.6. The molecule has 0 N–H and O–H groups in total. The van der Waals surface area contributed by atoms with Crippen LogP contribution in [-0.2, 0) is 9.84 Å². The second-order valence-electron chi connectivity index (χ2n) is 5.32. The van der Waals surface area contributed by atoms with Gasteiger partial charge in [0.15, 0.2) is 9.84 Å². The molecule has 2 rings (SSSR count). The van der Waals surface area contributed by atoms with Crippen molar-refractivity contribution in [2.75, 3.05) is 5.75 Å². The lowest BCUT2D eigenvalue weighted by atomic mass is 10.2. The Balaban J connectivity index is 2.12. The molecule has 0 heterocycles. The van der Waals surface area contributed by atoms with Gasteiger partial charge in [-0.2, -0.15) is 10.2 Å². The van der Waals surface area contributed by atoms with Gasteiger partial charge in [-0.15, -0.1) is 0 Å². The van der Waals surface area contributed by atoms with Gasteiger partial charge in [-0.3, -0.25) is 0 Å². The molecule has 0 radical (unpaired) electrons. The van der Waals surface area contributed by atoms with E-state index in [1.54, 1.807) is 24.3 Å². The van der Waals surface area contributed by atoms with E-state index in [9.17, 15) is 8.42 Å². The molecule has 0 amide bonds. The van der Waals surface area contributed by atoms with Crippen LogP contribution in [0.2, 0.25) is 0 Å². The summed E-state index contributed by atoms with van der Waals surface area (Å²) in [5.41, 5.74) is 1.39. The van der Waals surface area contributed by atoms with Crippen LogP contribution in [0.4, 0.5) is 11.4 Å². The van der Waals surface area contributed by atoms with Crippen molar-refractivity contribution in [1.82, 2.24) is 0 Å². The third-order valence-electron chi connectivity index (χ3n) is 3.43. The maximum absolute atomic E-state index is 12.2. The van der Waals surface area contributed by atoms with Gasteiger partial charge in [0, 0.05) is 0 Å². The van der Waals surface area contributed by atoms with E-state index in [2.05, 4.69) is 10.2 Å². The van der Waals surface area contributed by atoms with Gasteiger partial charge < -0.3 is 0 Å². The monoisotopic (exact) mass is 316 g/mol. The van der Waals surface area contributed by atoms with Crippen LogP contribution in [0.1, 0.15) is 20.3 Å². The molecule has 0 aliphatic heterocycles. The van der Waals surface area contributed by atoms with Crippen molar-refractivity contribution < 1.29 is 8.42 Å². The number of hydrogen-bond acceptors (Lipinski definition) is 4. The zero-order valence-electron chi connectivity index (χ0n) is 12.8. The Morgan fingerprint density at radius 3 is 2.00 bits per heavy atom. The second-order valence-corrected chi connectivity index (χ2v) is 7.36. The molecule has 0 aliphatic rings. The fourth-order valence-corrected chi connectivity index (χ4v) is 3.65. The van der Waals surface area contributed by atoms with Gasteiger partial charge in [-0.05, 0) is 42.3 Å². The highest BCUT2D eigenvalue weighted by molar-refractivity contribution is 7.91. The van der Waals surface area contributed by atoms with Crippen LogP contribution in [0.5, 0.6) is 0 Å². The fraction of sp³-hybridized carbons (Fsp3) is 0.294. The summed E-state index contributed by atoms with van der Waals surface area (Å²) >= 11 is 0. The molecule has 0 fully saturated rings. The molecule has 0 aliphatic carbocycles. The van der Waals surface area contributed by atoms with E-state index < -0.39 is 9.84 Å². The van der Waals surface area contributed by atoms with Gasteiger partial charge in [-0.1, -0.05) is 38.5 Å². The first kappa shape index (κ1) is 16.4. The highest BCUT2D eigenvalue weighted by Crippen LogP contribution is 2.21. The molecule has 0 saturated carbocycles. The Morgan fingerprint density at radius 1 is 0.909 bits per heavy atom. The molecule has 0 saturated heterocycles. The first-order valence-electron chi connectivity index (χ1n) is 7.31. The third kappa shape index (κ3) is 4.49. The van der Waals surface area contributed by atoms with Crippen molar-refractivity contribution in [3.05, 3.63) is 54.6 Å². The minimum absolute atomic E-state index is 0.155. The molecule has 1 atom stereocenters. The maximum Gasteiger partial charge on any atom is 0.178 e. The van der Waals surface area contributed by atoms with Crippen LogP contribution >= 0.6 is 0 Å². The van der Waals surface area contributed by atoms with Crippen molar-refractivity contribution in [3.8, 4) is 0 Å². The molecule has 4 nitrogen and oxygen atoms in total. The van der Waals surface area contributed by atoms with Gasteiger partial charge >= 0.3 is 0 Å². The first-order valence-corrected chi connectivity index (χ1v) is 8.96. The van der Waals surface area contributed by atoms with Crippen molar-refractivity contribution in [2.24, 2.45) is 16.1 Å². The van der Waals surface area contributed by atoms with Crippen molar-refractivity contribution >= 4 is 21.2 Å². The normalized spacial score (nSPS) is 13.4. The van der Waals surface area contributed by atoms with Crippen LogP contribution in [0.3, 0.4) is 0 Å². The number of hydrogen-bond donors (Lipinski definition) is 0. The lowest BCUT2D eigenvalue weighted by Crippen LogP contribution is -2.13. The standard InChI is InChI=1S/C17H20N2O2S/c1-3-14(2)13-22(20,21)17-11-9-16(10-12-17)19-18-15-7-5-4-6-8-15/h4-12,14H,3,13H2,1-2H3. The van der Waals surface area contributed by atoms with Gasteiger partial charge in [0.05, 0.1) is 22.0 Å². The number of nitrogens with zero attached hydrogens (tertiary/aromatic N) is 2. The Bertz CT molecular complexity index is 723. The summed E-state index contributed by atoms with van der Waals surface area (Å²) in [6.07, 6.45) is 0.850. The van der Waals surface area contributed by atoms with Gasteiger partial charge in [0.2, 0.25) is 0 Å². The molecule has 5 heteroatoms. The summed E-state index contributed by atoms with van der Waals surface area (Å²) in [5.74, 6) is 0.330. The summed E-state index contributed by atoms with van der Waals surface area (Å²) in [4.78, 5) is 0.339. The highest BCUT2D eigenvalue weighted by Gasteiger charge is 2.17. The number of sulfone groups is 1. The van der Waals surface area contributed by atoms with Gasteiger partial charge in [0.1, 0.15) is 0 Å². The summed E-state index contributed by atoms with van der Waals surface area (Å²) in [5, 5.41) is 8.21.